The SMILES string of the molecule is Cc1ccc(Cn2c(C(=O)O)c(CCCOc3cccc4ccccc34)c3cccc(-c4ccccc4C)c32)c(C)c1. The van der Waals surface area contributed by atoms with E-state index in [-0.39, 0.29) is 0 Å². The number of nitrogens with zero attached hydrogens (tertiary/aromatic N) is 1. The van der Waals surface area contributed by atoms with Gasteiger partial charge < -0.3 is 14.4 Å². The fourth-order valence-corrected chi connectivity index (χ4v) is 6.17. The number of aryl methyl sites for hydroxylation is 4. The molecule has 210 valence electrons. The first kappa shape index (κ1) is 27.3. The molecule has 0 aliphatic rings. The van der Waals surface area contributed by atoms with Gasteiger partial charge in [0.1, 0.15) is 11.4 Å². The molecule has 1 heterocycles. The number of carboxylic acid groups (broad SMARTS) is 1. The van der Waals surface area contributed by atoms with Crippen LogP contribution >= 0.6 is 0 Å². The molecular weight excluding hydrogens is 518 g/mol. The van der Waals surface area contributed by atoms with E-state index in [1.807, 2.05) is 47.0 Å². The van der Waals surface area contributed by atoms with Gasteiger partial charge in [0, 0.05) is 22.9 Å². The van der Waals surface area contributed by atoms with Crippen LogP contribution < -0.4 is 4.74 Å². The van der Waals surface area contributed by atoms with Crippen LogP contribution in [0.15, 0.2) is 103 Å². The number of carboxylic acids is 1. The summed E-state index contributed by atoms with van der Waals surface area (Å²) < 4.78 is 8.26. The van der Waals surface area contributed by atoms with Crippen LogP contribution in [0.4, 0.5) is 0 Å². The first-order valence-corrected chi connectivity index (χ1v) is 14.5. The Bertz CT molecular complexity index is 1930. The molecule has 0 bridgehead atoms. The molecule has 42 heavy (non-hydrogen) atoms. The summed E-state index contributed by atoms with van der Waals surface area (Å²) in [6.07, 6.45) is 1.29. The van der Waals surface area contributed by atoms with E-state index < -0.39 is 5.97 Å². The Balaban J connectivity index is 1.42. The molecule has 0 radical (unpaired) electrons. The largest absolute Gasteiger partial charge is 0.493 e. The standard InChI is InChI=1S/C38H35NO3/c1-25-20-21-29(27(3)23-25)24-39-36-32(30-14-6-4-11-26(30)2)16-9-17-33(36)34(37(39)38(40)41)18-10-22-42-35-19-8-13-28-12-5-7-15-31(28)35/h4-9,11-17,19-21,23H,10,18,22,24H2,1-3H3,(H,40,41). The third-order valence-corrected chi connectivity index (χ3v) is 8.23. The van der Waals surface area contributed by atoms with Crippen LogP contribution in [0.2, 0.25) is 0 Å². The van der Waals surface area contributed by atoms with Crippen LogP contribution in [-0.4, -0.2) is 22.2 Å². The summed E-state index contributed by atoms with van der Waals surface area (Å²) in [6.45, 7) is 7.27. The number of para-hydroxylation sites is 1. The van der Waals surface area contributed by atoms with Gasteiger partial charge in [-0.05, 0) is 72.9 Å². The Hall–Kier alpha value is -4.83. The van der Waals surface area contributed by atoms with Crippen molar-refractivity contribution in [2.75, 3.05) is 6.61 Å². The van der Waals surface area contributed by atoms with Crippen molar-refractivity contribution in [3.05, 3.63) is 137 Å². The quantitative estimate of drug-likeness (QED) is 0.182. The highest BCUT2D eigenvalue weighted by Gasteiger charge is 2.25. The van der Waals surface area contributed by atoms with Gasteiger partial charge in [-0.25, -0.2) is 4.79 Å². The van der Waals surface area contributed by atoms with Crippen LogP contribution in [0.1, 0.15) is 44.7 Å². The molecule has 1 aromatic heterocycles. The number of rotatable bonds is 9. The molecule has 0 amide bonds. The van der Waals surface area contributed by atoms with E-state index >= 15 is 0 Å². The molecule has 0 saturated carbocycles. The van der Waals surface area contributed by atoms with Crippen molar-refractivity contribution in [2.45, 2.75) is 40.2 Å². The van der Waals surface area contributed by atoms with E-state index in [4.69, 9.17) is 4.74 Å². The van der Waals surface area contributed by atoms with E-state index in [9.17, 15) is 9.90 Å². The van der Waals surface area contributed by atoms with E-state index in [0.717, 1.165) is 60.8 Å². The van der Waals surface area contributed by atoms with Gasteiger partial charge in [0.25, 0.3) is 0 Å². The molecule has 0 atom stereocenters. The molecular formula is C38H35NO3. The molecule has 0 unspecified atom stereocenters. The average molecular weight is 554 g/mol. The second-order valence-electron chi connectivity index (χ2n) is 11.1. The predicted molar refractivity (Wildman–Crippen MR) is 172 cm³/mol. The number of aromatic carboxylic acids is 1. The fraction of sp³-hybridized carbons (Fsp3) is 0.184. The zero-order chi connectivity index (χ0) is 29.2. The van der Waals surface area contributed by atoms with Crippen LogP contribution in [0.3, 0.4) is 0 Å². The second kappa shape index (κ2) is 11.6. The number of hydrogen-bond acceptors (Lipinski definition) is 2. The summed E-state index contributed by atoms with van der Waals surface area (Å²) in [6, 6.07) is 35.2. The first-order valence-electron chi connectivity index (χ1n) is 14.5. The van der Waals surface area contributed by atoms with Crippen molar-refractivity contribution in [2.24, 2.45) is 0 Å². The normalized spacial score (nSPS) is 11.3. The van der Waals surface area contributed by atoms with Crippen molar-refractivity contribution in [3.63, 3.8) is 0 Å². The number of carbonyl (C=O) groups is 1. The highest BCUT2D eigenvalue weighted by Crippen LogP contribution is 2.37. The van der Waals surface area contributed by atoms with Crippen LogP contribution in [-0.2, 0) is 13.0 Å². The van der Waals surface area contributed by atoms with E-state index in [1.54, 1.807) is 0 Å². The zero-order valence-electron chi connectivity index (χ0n) is 24.4. The van der Waals surface area contributed by atoms with Crippen molar-refractivity contribution in [1.82, 2.24) is 4.57 Å². The zero-order valence-corrected chi connectivity index (χ0v) is 24.4. The summed E-state index contributed by atoms with van der Waals surface area (Å²) in [7, 11) is 0. The molecule has 6 aromatic rings. The highest BCUT2D eigenvalue weighted by atomic mass is 16.5. The summed E-state index contributed by atoms with van der Waals surface area (Å²) in [5.41, 5.74) is 8.98. The lowest BCUT2D eigenvalue weighted by atomic mass is 9.97. The first-order chi connectivity index (χ1) is 20.4. The van der Waals surface area contributed by atoms with Gasteiger partial charge in [-0.1, -0.05) is 103 Å². The molecule has 4 nitrogen and oxygen atoms in total. The van der Waals surface area contributed by atoms with Crippen LogP contribution in [0, 0.1) is 20.8 Å². The van der Waals surface area contributed by atoms with Crippen molar-refractivity contribution >= 4 is 27.6 Å². The molecule has 4 heteroatoms. The molecule has 1 N–H and O–H groups in total. The molecule has 0 aliphatic carbocycles. The predicted octanol–water partition coefficient (Wildman–Crippen LogP) is 9.14. The summed E-state index contributed by atoms with van der Waals surface area (Å²) in [5.74, 6) is -0.0534. The number of fused-ring (bicyclic) bond motifs is 2. The maximum Gasteiger partial charge on any atom is 0.352 e. The highest BCUT2D eigenvalue weighted by molar-refractivity contribution is 6.04. The Morgan fingerprint density at radius 2 is 1.48 bits per heavy atom. The van der Waals surface area contributed by atoms with Crippen molar-refractivity contribution in [3.8, 4) is 16.9 Å². The summed E-state index contributed by atoms with van der Waals surface area (Å²) in [5, 5.41) is 13.9. The van der Waals surface area contributed by atoms with Crippen LogP contribution in [0.5, 0.6) is 5.75 Å². The number of ether oxygens (including phenoxy) is 1. The van der Waals surface area contributed by atoms with E-state index in [0.29, 0.717) is 31.7 Å². The van der Waals surface area contributed by atoms with Gasteiger partial charge in [-0.3, -0.25) is 0 Å². The maximum atomic E-state index is 13.0. The van der Waals surface area contributed by atoms with Gasteiger partial charge in [0.05, 0.1) is 12.1 Å². The lowest BCUT2D eigenvalue weighted by molar-refractivity contribution is 0.0684. The van der Waals surface area contributed by atoms with Crippen molar-refractivity contribution < 1.29 is 14.6 Å². The third-order valence-electron chi connectivity index (χ3n) is 8.23. The third kappa shape index (κ3) is 5.16. The Morgan fingerprint density at radius 1 is 0.762 bits per heavy atom. The van der Waals surface area contributed by atoms with Gasteiger partial charge in [-0.2, -0.15) is 0 Å². The Kier molecular flexibility index (Phi) is 7.54. The molecule has 6 rings (SSSR count). The topological polar surface area (TPSA) is 51.5 Å². The van der Waals surface area contributed by atoms with Crippen molar-refractivity contribution in [1.29, 1.82) is 0 Å². The smallest absolute Gasteiger partial charge is 0.352 e. The van der Waals surface area contributed by atoms with Gasteiger partial charge in [0.2, 0.25) is 0 Å². The summed E-state index contributed by atoms with van der Waals surface area (Å²) >= 11 is 0. The molecule has 5 aromatic carbocycles. The Morgan fingerprint density at radius 3 is 2.29 bits per heavy atom. The minimum absolute atomic E-state index is 0.358. The lowest BCUT2D eigenvalue weighted by Crippen LogP contribution is -2.13. The minimum Gasteiger partial charge on any atom is -0.493 e. The second-order valence-corrected chi connectivity index (χ2v) is 11.1. The lowest BCUT2D eigenvalue weighted by Gasteiger charge is -2.15. The van der Waals surface area contributed by atoms with E-state index in [2.05, 4.69) is 81.4 Å². The molecule has 0 spiro atoms. The number of benzene rings is 5. The minimum atomic E-state index is -0.906. The monoisotopic (exact) mass is 553 g/mol. The molecule has 0 saturated heterocycles. The van der Waals surface area contributed by atoms with Gasteiger partial charge >= 0.3 is 5.97 Å². The van der Waals surface area contributed by atoms with E-state index in [1.165, 1.54) is 5.56 Å². The average Bonchev–Trinajstić information content (AvgIpc) is 3.30. The molecule has 0 aliphatic heterocycles. The Labute approximate surface area is 246 Å². The van der Waals surface area contributed by atoms with Crippen LogP contribution in [0.25, 0.3) is 32.8 Å². The number of hydrogen-bond donors (Lipinski definition) is 1. The van der Waals surface area contributed by atoms with Gasteiger partial charge in [-0.15, -0.1) is 0 Å². The number of aromatic nitrogens is 1. The maximum absolute atomic E-state index is 13.0. The fourth-order valence-electron chi connectivity index (χ4n) is 6.17. The van der Waals surface area contributed by atoms with Gasteiger partial charge in [0.15, 0.2) is 0 Å². The summed E-state index contributed by atoms with van der Waals surface area (Å²) in [4.78, 5) is 13.0. The molecule has 0 fully saturated rings.